The smallest absolute Gasteiger partial charge is 0.326 e. The first-order chi connectivity index (χ1) is 36.5. The van der Waals surface area contributed by atoms with E-state index >= 15 is 0 Å². The number of carboxylic acid groups (broad SMARTS) is 1. The van der Waals surface area contributed by atoms with Crippen molar-refractivity contribution in [2.24, 2.45) is 35.3 Å². The van der Waals surface area contributed by atoms with Gasteiger partial charge in [-0.1, -0.05) is 143 Å². The van der Waals surface area contributed by atoms with E-state index in [1.54, 1.807) is 45.0 Å². The van der Waals surface area contributed by atoms with Crippen molar-refractivity contribution in [3.05, 3.63) is 71.8 Å². The fourth-order valence-electron chi connectivity index (χ4n) is 9.99. The Balaban J connectivity index is 1.47. The first kappa shape index (κ1) is 63.2. The zero-order valence-corrected chi connectivity index (χ0v) is 47.1. The van der Waals surface area contributed by atoms with Crippen LogP contribution >= 0.6 is 0 Å². The average molecular weight is 1070 g/mol. The molecule has 2 aromatic rings. The van der Waals surface area contributed by atoms with E-state index in [-0.39, 0.29) is 44.2 Å². The fourth-order valence-corrected chi connectivity index (χ4v) is 9.99. The molecule has 9 N–H and O–H groups in total. The van der Waals surface area contributed by atoms with Crippen LogP contribution in [0.1, 0.15) is 138 Å². The molecule has 2 aliphatic rings. The highest BCUT2D eigenvalue weighted by molar-refractivity contribution is 5.98. The van der Waals surface area contributed by atoms with Crippen LogP contribution in [0.15, 0.2) is 60.7 Å². The van der Waals surface area contributed by atoms with Gasteiger partial charge in [0.1, 0.15) is 48.3 Å². The first-order valence-corrected chi connectivity index (χ1v) is 28.0. The van der Waals surface area contributed by atoms with Gasteiger partial charge in [-0.25, -0.2) is 4.79 Å². The summed E-state index contributed by atoms with van der Waals surface area (Å²) in [7, 11) is 0. The van der Waals surface area contributed by atoms with Crippen LogP contribution in [-0.2, 0) is 56.0 Å². The van der Waals surface area contributed by atoms with Gasteiger partial charge in [-0.15, -0.1) is 0 Å². The van der Waals surface area contributed by atoms with Crippen LogP contribution in [0, 0.1) is 29.6 Å². The molecule has 0 spiro atoms. The Morgan fingerprint density at radius 2 is 1.01 bits per heavy atom. The topological polar surface area (TPSA) is 279 Å². The molecule has 2 aromatic carbocycles. The molecule has 0 aromatic heterocycles. The normalized spacial score (nSPS) is 19.0. The van der Waals surface area contributed by atoms with Crippen molar-refractivity contribution in [2.75, 3.05) is 13.1 Å². The molecule has 77 heavy (non-hydrogen) atoms. The summed E-state index contributed by atoms with van der Waals surface area (Å²) in [5.41, 5.74) is 8.05. The molecule has 2 heterocycles. The molecule has 0 bridgehead atoms. The molecule has 426 valence electrons. The van der Waals surface area contributed by atoms with Crippen molar-refractivity contribution < 1.29 is 48.3 Å². The van der Waals surface area contributed by atoms with Gasteiger partial charge in [-0.3, -0.25) is 38.4 Å². The molecule has 2 fully saturated rings. The molecule has 0 aliphatic carbocycles. The second-order valence-corrected chi connectivity index (χ2v) is 22.5. The first-order valence-electron chi connectivity index (χ1n) is 28.0. The number of amides is 8. The number of benzene rings is 2. The number of aliphatic carboxylic acids is 1. The molecule has 0 radical (unpaired) electrons. The number of likely N-dealkylation sites (tertiary alicyclic amines) is 2. The number of carbonyl (C=O) groups excluding carboxylic acids is 8. The van der Waals surface area contributed by atoms with Gasteiger partial charge in [-0.05, 0) is 92.1 Å². The minimum Gasteiger partial charge on any atom is -0.480 e. The predicted octanol–water partition coefficient (Wildman–Crippen LogP) is 4.01. The van der Waals surface area contributed by atoms with E-state index in [0.29, 0.717) is 51.4 Å². The molecule has 11 atom stereocenters. The van der Waals surface area contributed by atoms with Crippen molar-refractivity contribution in [1.29, 1.82) is 0 Å². The summed E-state index contributed by atoms with van der Waals surface area (Å²) in [6.45, 7) is 19.0. The maximum Gasteiger partial charge on any atom is 0.326 e. The molecule has 0 unspecified atom stereocenters. The molecule has 2 saturated heterocycles. The molecule has 19 nitrogen and oxygen atoms in total. The number of carboxylic acids is 1. The maximum atomic E-state index is 14.6. The third kappa shape index (κ3) is 18.7. The third-order valence-electron chi connectivity index (χ3n) is 15.0. The van der Waals surface area contributed by atoms with Crippen molar-refractivity contribution in [3.63, 3.8) is 0 Å². The van der Waals surface area contributed by atoms with Gasteiger partial charge in [0.15, 0.2) is 0 Å². The highest BCUT2D eigenvalue weighted by Crippen LogP contribution is 2.27. The van der Waals surface area contributed by atoms with Crippen LogP contribution in [-0.4, -0.2) is 136 Å². The summed E-state index contributed by atoms with van der Waals surface area (Å²) in [6.07, 6.45) is 4.07. The van der Waals surface area contributed by atoms with Crippen molar-refractivity contribution >= 4 is 53.2 Å². The highest BCUT2D eigenvalue weighted by Gasteiger charge is 2.45. The number of rotatable bonds is 29. The second-order valence-electron chi connectivity index (χ2n) is 22.5. The van der Waals surface area contributed by atoms with Crippen LogP contribution in [0.3, 0.4) is 0 Å². The zero-order chi connectivity index (χ0) is 57.1. The van der Waals surface area contributed by atoms with Crippen molar-refractivity contribution in [1.82, 2.24) is 41.7 Å². The predicted molar refractivity (Wildman–Crippen MR) is 294 cm³/mol. The number of nitrogens with one attached hydrogen (secondary N) is 6. The van der Waals surface area contributed by atoms with Crippen molar-refractivity contribution in [3.8, 4) is 0 Å². The lowest BCUT2D eigenvalue weighted by Crippen LogP contribution is -2.62. The van der Waals surface area contributed by atoms with Gasteiger partial charge in [0.2, 0.25) is 47.3 Å². The summed E-state index contributed by atoms with van der Waals surface area (Å²) in [4.78, 5) is 128. The Morgan fingerprint density at radius 1 is 0.558 bits per heavy atom. The van der Waals surface area contributed by atoms with Crippen LogP contribution in [0.5, 0.6) is 0 Å². The van der Waals surface area contributed by atoms with E-state index in [9.17, 15) is 48.3 Å². The minimum absolute atomic E-state index is 0.00451. The third-order valence-corrected chi connectivity index (χ3v) is 15.0. The second kappa shape index (κ2) is 30.5. The molecular weight excluding hydrogens is 983 g/mol. The Hall–Kier alpha value is -6.37. The zero-order valence-electron chi connectivity index (χ0n) is 47.1. The Bertz CT molecular complexity index is 2300. The molecule has 2 aliphatic heterocycles. The van der Waals surface area contributed by atoms with Crippen molar-refractivity contribution in [2.45, 2.75) is 194 Å². The summed E-state index contributed by atoms with van der Waals surface area (Å²) < 4.78 is 0. The lowest BCUT2D eigenvalue weighted by Gasteiger charge is -2.34. The number of hydrogen-bond acceptors (Lipinski definition) is 10. The summed E-state index contributed by atoms with van der Waals surface area (Å²) in [6, 6.07) is 9.15. The lowest BCUT2D eigenvalue weighted by molar-refractivity contribution is -0.149. The van der Waals surface area contributed by atoms with E-state index in [4.69, 9.17) is 5.73 Å². The van der Waals surface area contributed by atoms with Gasteiger partial charge >= 0.3 is 5.97 Å². The largest absolute Gasteiger partial charge is 0.480 e. The quantitative estimate of drug-likeness (QED) is 0.0577. The molecule has 4 rings (SSSR count). The maximum absolute atomic E-state index is 14.6. The monoisotopic (exact) mass is 1070 g/mol. The highest BCUT2D eigenvalue weighted by atomic mass is 16.4. The number of aryl methyl sites for hydroxylation is 1. The summed E-state index contributed by atoms with van der Waals surface area (Å²) in [5, 5.41) is 27.0. The van der Waals surface area contributed by atoms with Gasteiger partial charge in [0.05, 0.1) is 6.04 Å². The number of hydrogen-bond donors (Lipinski definition) is 8. The molecule has 8 amide bonds. The average Bonchev–Trinajstić information content (AvgIpc) is 4.10. The van der Waals surface area contributed by atoms with Gasteiger partial charge < -0.3 is 52.5 Å². The molecule has 19 heteroatoms. The van der Waals surface area contributed by atoms with Gasteiger partial charge in [0, 0.05) is 19.5 Å². The van der Waals surface area contributed by atoms with E-state index in [0.717, 1.165) is 11.1 Å². The number of nitrogens with zero attached hydrogens (tertiary/aromatic N) is 2. The summed E-state index contributed by atoms with van der Waals surface area (Å²) >= 11 is 0. The Labute approximate surface area is 456 Å². The standard InChI is InChI=1S/C58H89N9O10/c1-11-37(9)48(65-55(73)49(38(10)12-2)64-52(70)42(31-34(3)4)60-50(68)41(59)28-27-39-21-15-13-16-22-39)54(72)61-43(32-35(5)6)51(69)63-47(36(7)8)57(75)67-30-20-26-46(67)56(74)66-29-19-25-45(66)53(71)62-44(58(76)77)33-40-23-17-14-18-24-40/h13-18,21-24,34-38,41-49H,11-12,19-20,25-33,59H2,1-10H3,(H,60,68)(H,61,72)(H,62,71)(H,63,69)(H,64,70)(H,65,73)(H,76,77)/t37-,38-,41-,42-,43-,44-,45-,46-,47-,48-,49-/m0/s1. The molecular formula is C58H89N9O10. The van der Waals surface area contributed by atoms with Gasteiger partial charge in [0.25, 0.3) is 0 Å². The fraction of sp³-hybridized carbons (Fsp3) is 0.638. The van der Waals surface area contributed by atoms with E-state index < -0.39 is 125 Å². The number of carbonyl (C=O) groups is 9. The Morgan fingerprint density at radius 3 is 1.51 bits per heavy atom. The number of nitrogens with two attached hydrogens (primary N) is 1. The SMILES string of the molecule is CC[C@H](C)[C@H](NC(=O)[C@H](CC(C)C)NC(=O)[C@@H](N)CCc1ccccc1)C(=O)N[C@H](C(=O)N[C@@H](CC(C)C)C(=O)N[C@H](C(=O)N1CCC[C@H]1C(=O)N1CCC[C@H]1C(=O)N[C@@H](Cc1ccccc1)C(=O)O)C(C)C)[C@@H](C)CC. The van der Waals surface area contributed by atoms with E-state index in [2.05, 4.69) is 31.9 Å². The van der Waals surface area contributed by atoms with Crippen LogP contribution in [0.2, 0.25) is 0 Å². The Kier molecular flexibility index (Phi) is 25.1. The van der Waals surface area contributed by atoms with Crippen LogP contribution in [0.4, 0.5) is 0 Å². The van der Waals surface area contributed by atoms with Gasteiger partial charge in [-0.2, -0.15) is 0 Å². The van der Waals surface area contributed by atoms with Crippen LogP contribution < -0.4 is 37.6 Å². The summed E-state index contributed by atoms with van der Waals surface area (Å²) in [5.74, 6) is -6.99. The lowest BCUT2D eigenvalue weighted by atomic mass is 9.93. The van der Waals surface area contributed by atoms with E-state index in [1.807, 2.05) is 84.9 Å². The molecule has 0 saturated carbocycles. The van der Waals surface area contributed by atoms with Crippen LogP contribution in [0.25, 0.3) is 0 Å². The minimum atomic E-state index is -1.22. The van der Waals surface area contributed by atoms with E-state index in [1.165, 1.54) is 9.80 Å².